The number of fused-ring (bicyclic) bond motifs is 1. The van der Waals surface area contributed by atoms with Gasteiger partial charge in [-0.05, 0) is 29.5 Å². The molecule has 0 atom stereocenters. The average Bonchev–Trinajstić information content (AvgIpc) is 2.74. The Bertz CT molecular complexity index is 1130. The number of aromatic nitrogens is 3. The van der Waals surface area contributed by atoms with E-state index in [1.54, 1.807) is 6.20 Å². The van der Waals surface area contributed by atoms with Crippen LogP contribution in [0.4, 0.5) is 0 Å². The van der Waals surface area contributed by atoms with E-state index in [2.05, 4.69) is 63.2 Å². The molecule has 0 bridgehead atoms. The van der Waals surface area contributed by atoms with E-state index in [1.165, 1.54) is 4.90 Å². The first-order valence-corrected chi connectivity index (χ1v) is 12.8. The molecule has 1 aliphatic rings. The molecular formula is C22H24N4O2S2. The Kier molecular flexibility index (Phi) is 6.17. The van der Waals surface area contributed by atoms with Crippen LogP contribution in [0, 0.1) is 0 Å². The molecule has 1 aromatic carbocycles. The van der Waals surface area contributed by atoms with Crippen molar-refractivity contribution in [2.75, 3.05) is 18.6 Å². The van der Waals surface area contributed by atoms with E-state index in [0.29, 0.717) is 13.0 Å². The fourth-order valence-electron chi connectivity index (χ4n) is 3.51. The molecule has 0 unspecified atom stereocenters. The van der Waals surface area contributed by atoms with Gasteiger partial charge in [-0.1, -0.05) is 25.1 Å². The van der Waals surface area contributed by atoms with Crippen LogP contribution in [0.1, 0.15) is 23.7 Å². The van der Waals surface area contributed by atoms with Gasteiger partial charge >= 0.3 is 0 Å². The molecule has 6 nitrogen and oxygen atoms in total. The van der Waals surface area contributed by atoms with Gasteiger partial charge in [0.2, 0.25) is 15.0 Å². The number of pyridine rings is 1. The van der Waals surface area contributed by atoms with Crippen molar-refractivity contribution in [1.29, 1.82) is 0 Å². The maximum Gasteiger partial charge on any atom is 0.246 e. The lowest BCUT2D eigenvalue weighted by atomic mass is 10.1. The quantitative estimate of drug-likeness (QED) is 0.428. The highest BCUT2D eigenvalue weighted by atomic mass is 32.2. The largest absolute Gasteiger partial charge is 0.294 e. The molecule has 3 aromatic rings. The third kappa shape index (κ3) is 4.88. The summed E-state index contributed by atoms with van der Waals surface area (Å²) in [5, 5.41) is -0.0872. The Morgan fingerprint density at radius 2 is 1.87 bits per heavy atom. The molecule has 0 N–H and O–H groups in total. The first-order chi connectivity index (χ1) is 14.4. The van der Waals surface area contributed by atoms with Crippen LogP contribution in [0.2, 0.25) is 0 Å². The smallest absolute Gasteiger partial charge is 0.246 e. The fraction of sp³-hybridized carbons (Fsp3) is 0.318. The van der Waals surface area contributed by atoms with Crippen molar-refractivity contribution in [2.45, 2.75) is 36.5 Å². The molecule has 0 spiro atoms. The van der Waals surface area contributed by atoms with Gasteiger partial charge in [-0.25, -0.2) is 18.4 Å². The second kappa shape index (κ2) is 8.83. The summed E-state index contributed by atoms with van der Waals surface area (Å²) in [6.07, 6.45) is 5.43. The summed E-state index contributed by atoms with van der Waals surface area (Å²) in [5.74, 6) is 1.07. The number of nitrogens with zero attached hydrogens (tertiary/aromatic N) is 4. The third-order valence-electron chi connectivity index (χ3n) is 5.01. The Morgan fingerprint density at radius 3 is 2.53 bits per heavy atom. The molecule has 0 saturated heterocycles. The molecule has 0 saturated carbocycles. The van der Waals surface area contributed by atoms with E-state index in [9.17, 15) is 8.42 Å². The molecule has 30 heavy (non-hydrogen) atoms. The Morgan fingerprint density at radius 1 is 1.07 bits per heavy atom. The highest BCUT2D eigenvalue weighted by Gasteiger charge is 2.21. The van der Waals surface area contributed by atoms with Gasteiger partial charge in [0.15, 0.2) is 0 Å². The van der Waals surface area contributed by atoms with Crippen molar-refractivity contribution in [1.82, 2.24) is 19.9 Å². The molecule has 4 rings (SSSR count). The minimum atomic E-state index is -3.38. The van der Waals surface area contributed by atoms with Crippen LogP contribution in [0.25, 0.3) is 11.3 Å². The lowest BCUT2D eigenvalue weighted by Crippen LogP contribution is -2.31. The van der Waals surface area contributed by atoms with Crippen molar-refractivity contribution in [2.24, 2.45) is 0 Å². The van der Waals surface area contributed by atoms with Crippen LogP contribution in [-0.2, 0) is 29.3 Å². The zero-order valence-electron chi connectivity index (χ0n) is 17.1. The molecule has 2 aromatic heterocycles. The van der Waals surface area contributed by atoms with E-state index in [4.69, 9.17) is 0 Å². The molecule has 0 fully saturated rings. The van der Waals surface area contributed by atoms with Gasteiger partial charge < -0.3 is 0 Å². The number of rotatable bonds is 6. The van der Waals surface area contributed by atoms with E-state index in [0.717, 1.165) is 53.2 Å². The molecule has 3 heterocycles. The Labute approximate surface area is 181 Å². The number of sulfone groups is 1. The average molecular weight is 441 g/mol. The van der Waals surface area contributed by atoms with Crippen molar-refractivity contribution < 1.29 is 8.42 Å². The zero-order valence-corrected chi connectivity index (χ0v) is 18.7. The second-order valence-corrected chi connectivity index (χ2v) is 10.6. The number of hydrogen-bond donors (Lipinski definition) is 0. The van der Waals surface area contributed by atoms with Crippen molar-refractivity contribution >= 4 is 21.6 Å². The monoisotopic (exact) mass is 440 g/mol. The van der Waals surface area contributed by atoms with E-state index in [-0.39, 0.29) is 5.16 Å². The summed E-state index contributed by atoms with van der Waals surface area (Å²) in [4.78, 5) is 16.5. The van der Waals surface area contributed by atoms with Crippen LogP contribution in [-0.4, -0.2) is 46.8 Å². The molecule has 156 valence electrons. The number of benzene rings is 1. The maximum absolute atomic E-state index is 11.7. The van der Waals surface area contributed by atoms with Gasteiger partial charge in [-0.3, -0.25) is 9.88 Å². The van der Waals surface area contributed by atoms with Gasteiger partial charge in [0.1, 0.15) is 0 Å². The molecule has 0 radical (unpaired) electrons. The summed E-state index contributed by atoms with van der Waals surface area (Å²) in [5.41, 5.74) is 5.06. The van der Waals surface area contributed by atoms with E-state index in [1.807, 2.05) is 18.0 Å². The minimum absolute atomic E-state index is 0.0872. The summed E-state index contributed by atoms with van der Waals surface area (Å²) < 4.78 is 23.3. The summed E-state index contributed by atoms with van der Waals surface area (Å²) in [6, 6.07) is 12.7. The molecular weight excluding hydrogens is 416 g/mol. The summed E-state index contributed by atoms with van der Waals surface area (Å²) in [6.45, 7) is 4.47. The van der Waals surface area contributed by atoms with Crippen LogP contribution in [0.15, 0.2) is 58.8 Å². The SMILES string of the molecule is CCSc1ccc(-c2ccc(CN3CCc4nc(S(C)(=O)=O)ncc4C3)cn2)cc1. The van der Waals surface area contributed by atoms with Crippen LogP contribution in [0.3, 0.4) is 0 Å². The van der Waals surface area contributed by atoms with Crippen LogP contribution in [0.5, 0.6) is 0 Å². The molecule has 0 aliphatic carbocycles. The van der Waals surface area contributed by atoms with Gasteiger partial charge in [-0.15, -0.1) is 11.8 Å². The van der Waals surface area contributed by atoms with E-state index >= 15 is 0 Å². The first-order valence-electron chi connectivity index (χ1n) is 9.88. The summed E-state index contributed by atoms with van der Waals surface area (Å²) >= 11 is 1.83. The van der Waals surface area contributed by atoms with Gasteiger partial charge in [0.05, 0.1) is 11.4 Å². The van der Waals surface area contributed by atoms with Gasteiger partial charge in [0.25, 0.3) is 0 Å². The lowest BCUT2D eigenvalue weighted by Gasteiger charge is -2.27. The zero-order chi connectivity index (χ0) is 21.1. The lowest BCUT2D eigenvalue weighted by molar-refractivity contribution is 0.242. The molecule has 8 heteroatoms. The predicted octanol–water partition coefficient (Wildman–Crippen LogP) is 3.61. The molecule has 0 amide bonds. The minimum Gasteiger partial charge on any atom is -0.294 e. The topological polar surface area (TPSA) is 76.1 Å². The Balaban J connectivity index is 1.42. The maximum atomic E-state index is 11.7. The highest BCUT2D eigenvalue weighted by Crippen LogP contribution is 2.24. The van der Waals surface area contributed by atoms with Crippen LogP contribution < -0.4 is 0 Å². The van der Waals surface area contributed by atoms with Crippen LogP contribution >= 0.6 is 11.8 Å². The van der Waals surface area contributed by atoms with Crippen molar-refractivity contribution in [3.8, 4) is 11.3 Å². The Hall–Kier alpha value is -2.29. The second-order valence-electron chi connectivity index (χ2n) is 7.37. The van der Waals surface area contributed by atoms with Gasteiger partial charge in [-0.2, -0.15) is 0 Å². The number of thioether (sulfide) groups is 1. The standard InChI is InChI=1S/C22H24N4O2S2/c1-3-29-19-7-5-17(6-8-19)20-9-4-16(12-23-20)14-26-11-10-21-18(15-26)13-24-22(25-21)30(2,27)28/h4-9,12-13H,3,10-11,14-15H2,1-2H3. The number of hydrogen-bond acceptors (Lipinski definition) is 7. The fourth-order valence-corrected chi connectivity index (χ4v) is 4.69. The highest BCUT2D eigenvalue weighted by molar-refractivity contribution is 7.99. The van der Waals surface area contributed by atoms with E-state index < -0.39 is 9.84 Å². The molecule has 1 aliphatic heterocycles. The summed E-state index contributed by atoms with van der Waals surface area (Å²) in [7, 11) is -3.38. The predicted molar refractivity (Wildman–Crippen MR) is 119 cm³/mol. The van der Waals surface area contributed by atoms with Crippen molar-refractivity contribution in [3.05, 3.63) is 65.6 Å². The van der Waals surface area contributed by atoms with Crippen molar-refractivity contribution in [3.63, 3.8) is 0 Å². The normalized spacial score (nSPS) is 14.5. The first kappa shape index (κ1) is 21.0. The van der Waals surface area contributed by atoms with Gasteiger partial charge in [0, 0.05) is 60.7 Å². The third-order valence-corrected chi connectivity index (χ3v) is 6.77.